The summed E-state index contributed by atoms with van der Waals surface area (Å²) >= 11 is 7.31. The van der Waals surface area contributed by atoms with Gasteiger partial charge in [-0.05, 0) is 24.3 Å². The highest BCUT2D eigenvalue weighted by molar-refractivity contribution is 8.00. The number of halogens is 1. The number of amides is 1. The lowest BCUT2D eigenvalue weighted by atomic mass is 10.2. The molecule has 1 saturated heterocycles. The number of carbonyl (C=O) groups is 1. The van der Waals surface area contributed by atoms with E-state index in [-0.39, 0.29) is 23.2 Å². The molecule has 0 spiro atoms. The number of thioether (sulfide) groups is 1. The Labute approximate surface area is 133 Å². The van der Waals surface area contributed by atoms with E-state index in [2.05, 4.69) is 5.32 Å². The number of alkyl halides is 1. The van der Waals surface area contributed by atoms with Crippen LogP contribution in [0.2, 0.25) is 0 Å². The smallest absolute Gasteiger partial charge is 0.230 e. The molecule has 8 heteroatoms. The topological polar surface area (TPSA) is 72.5 Å². The van der Waals surface area contributed by atoms with Gasteiger partial charge >= 0.3 is 0 Å². The summed E-state index contributed by atoms with van der Waals surface area (Å²) in [6.07, 6.45) is 0. The fourth-order valence-corrected chi connectivity index (χ4v) is 5.27. The third-order valence-electron chi connectivity index (χ3n) is 3.06. The molecule has 1 fully saturated rings. The lowest BCUT2D eigenvalue weighted by Gasteiger charge is -2.14. The maximum absolute atomic E-state index is 11.8. The largest absolute Gasteiger partial charge is 0.497 e. The van der Waals surface area contributed by atoms with E-state index in [9.17, 15) is 13.2 Å². The number of rotatable bonds is 5. The Bertz CT molecular complexity index is 603. The zero-order chi connectivity index (χ0) is 15.5. The molecule has 1 aromatic carbocycles. The second-order valence-electron chi connectivity index (χ2n) is 4.73. The van der Waals surface area contributed by atoms with Gasteiger partial charge in [-0.3, -0.25) is 4.79 Å². The Morgan fingerprint density at radius 3 is 2.57 bits per heavy atom. The predicted octanol–water partition coefficient (Wildman–Crippen LogP) is 1.31. The highest BCUT2D eigenvalue weighted by Gasteiger charge is 2.37. The summed E-state index contributed by atoms with van der Waals surface area (Å²) in [4.78, 5) is 12.8. The van der Waals surface area contributed by atoms with Gasteiger partial charge in [-0.2, -0.15) is 0 Å². The molecule has 21 heavy (non-hydrogen) atoms. The molecular weight excluding hydrogens is 334 g/mol. The van der Waals surface area contributed by atoms with Gasteiger partial charge < -0.3 is 10.1 Å². The Kier molecular flexibility index (Phi) is 5.40. The van der Waals surface area contributed by atoms with E-state index in [0.29, 0.717) is 0 Å². The van der Waals surface area contributed by atoms with Crippen LogP contribution in [0.1, 0.15) is 0 Å². The molecule has 1 heterocycles. The van der Waals surface area contributed by atoms with Crippen LogP contribution in [0.4, 0.5) is 0 Å². The van der Waals surface area contributed by atoms with Crippen molar-refractivity contribution >= 4 is 39.1 Å². The first-order valence-corrected chi connectivity index (χ1v) is 9.55. The molecule has 0 aromatic heterocycles. The van der Waals surface area contributed by atoms with Crippen molar-refractivity contribution in [3.8, 4) is 5.75 Å². The first-order chi connectivity index (χ1) is 9.89. The standard InChI is InChI=1S/C13H16ClNO4S2/c1-19-9-2-4-10(5-3-9)20-6-13(16)15-12-8-21(17,18)7-11(12)14/h2-5,11-12H,6-8H2,1H3,(H,15,16)/t11-,12+/m0/s1. The van der Waals surface area contributed by atoms with E-state index < -0.39 is 21.3 Å². The lowest BCUT2D eigenvalue weighted by Crippen LogP contribution is -2.41. The number of hydrogen-bond acceptors (Lipinski definition) is 5. The summed E-state index contributed by atoms with van der Waals surface area (Å²) in [5.41, 5.74) is 0. The van der Waals surface area contributed by atoms with Crippen molar-refractivity contribution in [1.82, 2.24) is 5.32 Å². The summed E-state index contributed by atoms with van der Waals surface area (Å²) in [5.74, 6) is 0.589. The molecule has 1 aliphatic heterocycles. The van der Waals surface area contributed by atoms with Crippen molar-refractivity contribution in [1.29, 1.82) is 0 Å². The van der Waals surface area contributed by atoms with Crippen LogP contribution in [0.5, 0.6) is 5.75 Å². The Morgan fingerprint density at radius 1 is 1.38 bits per heavy atom. The van der Waals surface area contributed by atoms with Crippen LogP contribution in [-0.2, 0) is 14.6 Å². The second kappa shape index (κ2) is 6.89. The van der Waals surface area contributed by atoms with Crippen LogP contribution in [0.15, 0.2) is 29.2 Å². The molecule has 0 bridgehead atoms. The van der Waals surface area contributed by atoms with Crippen molar-refractivity contribution < 1.29 is 17.9 Å². The van der Waals surface area contributed by atoms with Gasteiger partial charge in [0.1, 0.15) is 5.75 Å². The minimum absolute atomic E-state index is 0.0782. The third kappa shape index (κ3) is 4.79. The maximum atomic E-state index is 11.8. The van der Waals surface area contributed by atoms with E-state index in [1.54, 1.807) is 7.11 Å². The van der Waals surface area contributed by atoms with Gasteiger partial charge in [-0.1, -0.05) is 0 Å². The normalized spacial score (nSPS) is 23.7. The van der Waals surface area contributed by atoms with Crippen LogP contribution >= 0.6 is 23.4 Å². The third-order valence-corrected chi connectivity index (χ3v) is 6.45. The van der Waals surface area contributed by atoms with E-state index in [1.165, 1.54) is 11.8 Å². The monoisotopic (exact) mass is 349 g/mol. The summed E-state index contributed by atoms with van der Waals surface area (Å²) in [7, 11) is -1.54. The van der Waals surface area contributed by atoms with Crippen molar-refractivity contribution in [2.24, 2.45) is 0 Å². The number of benzene rings is 1. The molecule has 2 atom stereocenters. The van der Waals surface area contributed by atoms with Crippen LogP contribution in [0.3, 0.4) is 0 Å². The van der Waals surface area contributed by atoms with E-state index >= 15 is 0 Å². The van der Waals surface area contributed by atoms with Gasteiger partial charge in [-0.15, -0.1) is 23.4 Å². The first kappa shape index (κ1) is 16.5. The number of nitrogens with one attached hydrogen (secondary N) is 1. The van der Waals surface area contributed by atoms with Crippen molar-refractivity contribution in [2.45, 2.75) is 16.3 Å². The highest BCUT2D eigenvalue weighted by atomic mass is 35.5. The summed E-state index contributed by atoms with van der Waals surface area (Å²) in [6.45, 7) is 0. The molecule has 0 radical (unpaired) electrons. The summed E-state index contributed by atoms with van der Waals surface area (Å²) < 4.78 is 27.9. The van der Waals surface area contributed by atoms with Gasteiger partial charge in [0, 0.05) is 4.90 Å². The van der Waals surface area contributed by atoms with Crippen molar-refractivity contribution in [2.75, 3.05) is 24.4 Å². The fourth-order valence-electron chi connectivity index (χ4n) is 2.01. The van der Waals surface area contributed by atoms with Crippen molar-refractivity contribution in [3.05, 3.63) is 24.3 Å². The first-order valence-electron chi connectivity index (χ1n) is 6.30. The molecule has 116 valence electrons. The van der Waals surface area contributed by atoms with Gasteiger partial charge in [0.2, 0.25) is 5.91 Å². The SMILES string of the molecule is COc1ccc(SCC(=O)N[C@@H]2CS(=O)(=O)C[C@@H]2Cl)cc1. The van der Waals surface area contributed by atoms with Gasteiger partial charge in [0.15, 0.2) is 9.84 Å². The molecule has 1 amide bonds. The Balaban J connectivity index is 1.82. The lowest BCUT2D eigenvalue weighted by molar-refractivity contribution is -0.119. The zero-order valence-electron chi connectivity index (χ0n) is 11.4. The Morgan fingerprint density at radius 2 is 2.05 bits per heavy atom. The highest BCUT2D eigenvalue weighted by Crippen LogP contribution is 2.22. The molecule has 0 unspecified atom stereocenters. The molecule has 0 saturated carbocycles. The number of sulfone groups is 1. The minimum Gasteiger partial charge on any atom is -0.497 e. The minimum atomic E-state index is -3.13. The van der Waals surface area contributed by atoms with Crippen LogP contribution in [0, 0.1) is 0 Å². The number of carbonyl (C=O) groups excluding carboxylic acids is 1. The number of ether oxygens (including phenoxy) is 1. The zero-order valence-corrected chi connectivity index (χ0v) is 13.8. The van der Waals surface area contributed by atoms with E-state index in [1.807, 2.05) is 24.3 Å². The van der Waals surface area contributed by atoms with Gasteiger partial charge in [-0.25, -0.2) is 8.42 Å². The number of methoxy groups -OCH3 is 1. The average Bonchev–Trinajstić information content (AvgIpc) is 2.69. The molecule has 2 rings (SSSR count). The summed E-state index contributed by atoms with van der Waals surface area (Å²) in [5, 5.41) is 2.13. The second-order valence-corrected chi connectivity index (χ2v) is 8.49. The van der Waals surface area contributed by atoms with Crippen molar-refractivity contribution in [3.63, 3.8) is 0 Å². The number of hydrogen-bond donors (Lipinski definition) is 1. The molecule has 1 aliphatic rings. The van der Waals surface area contributed by atoms with E-state index in [4.69, 9.17) is 16.3 Å². The molecule has 1 N–H and O–H groups in total. The van der Waals surface area contributed by atoms with Crippen LogP contribution in [0.25, 0.3) is 0 Å². The molecule has 5 nitrogen and oxygen atoms in total. The summed E-state index contributed by atoms with van der Waals surface area (Å²) in [6, 6.07) is 6.86. The fraction of sp³-hybridized carbons (Fsp3) is 0.462. The van der Waals surface area contributed by atoms with Crippen LogP contribution in [-0.4, -0.2) is 50.1 Å². The average molecular weight is 350 g/mol. The quantitative estimate of drug-likeness (QED) is 0.641. The van der Waals surface area contributed by atoms with Gasteiger partial charge in [0.25, 0.3) is 0 Å². The van der Waals surface area contributed by atoms with Crippen LogP contribution < -0.4 is 10.1 Å². The van der Waals surface area contributed by atoms with Gasteiger partial charge in [0.05, 0.1) is 35.8 Å². The van der Waals surface area contributed by atoms with E-state index in [0.717, 1.165) is 10.6 Å². The maximum Gasteiger partial charge on any atom is 0.230 e. The molecule has 1 aromatic rings. The Hall–Kier alpha value is -0.920. The molecule has 0 aliphatic carbocycles. The molecular formula is C13H16ClNO4S2. The predicted molar refractivity (Wildman–Crippen MR) is 83.9 cm³/mol.